The fraction of sp³-hybridized carbons (Fsp3) is 0.333. The molecule has 0 spiro atoms. The van der Waals surface area contributed by atoms with Gasteiger partial charge in [-0.15, -0.1) is 0 Å². The van der Waals surface area contributed by atoms with Crippen molar-refractivity contribution in [3.8, 4) is 5.75 Å². The van der Waals surface area contributed by atoms with E-state index in [4.69, 9.17) is 14.2 Å². The summed E-state index contributed by atoms with van der Waals surface area (Å²) >= 11 is 0. The molecule has 1 aliphatic rings. The lowest BCUT2D eigenvalue weighted by atomic mass is 9.73. The Morgan fingerprint density at radius 1 is 1.12 bits per heavy atom. The van der Waals surface area contributed by atoms with Gasteiger partial charge in [-0.05, 0) is 36.6 Å². The molecule has 0 radical (unpaired) electrons. The van der Waals surface area contributed by atoms with Gasteiger partial charge in [0.15, 0.2) is 0 Å². The average Bonchev–Trinajstić information content (AvgIpc) is 2.99. The Morgan fingerprint density at radius 2 is 1.77 bits per heavy atom. The molecule has 0 amide bonds. The maximum Gasteiger partial charge on any atom is 0.316 e. The van der Waals surface area contributed by atoms with E-state index >= 15 is 0 Å². The number of esters is 2. The third-order valence-electron chi connectivity index (χ3n) is 4.86. The van der Waals surface area contributed by atoms with Crippen molar-refractivity contribution < 1.29 is 23.8 Å². The summed E-state index contributed by atoms with van der Waals surface area (Å²) in [5.74, 6) is -0.103. The van der Waals surface area contributed by atoms with Gasteiger partial charge in [0.2, 0.25) is 0 Å². The summed E-state index contributed by atoms with van der Waals surface area (Å²) < 4.78 is 15.8. The number of rotatable bonds is 5. The number of methoxy groups -OCH3 is 2. The number of hydrogen-bond donors (Lipinski definition) is 0. The number of ether oxygens (including phenoxy) is 3. The van der Waals surface area contributed by atoms with Crippen molar-refractivity contribution in [3.63, 3.8) is 0 Å². The smallest absolute Gasteiger partial charge is 0.316 e. The topological polar surface area (TPSA) is 61.8 Å². The van der Waals surface area contributed by atoms with Crippen LogP contribution in [0.4, 0.5) is 0 Å². The van der Waals surface area contributed by atoms with E-state index in [-0.39, 0.29) is 6.42 Å². The molecule has 5 heteroatoms. The van der Waals surface area contributed by atoms with E-state index in [1.807, 2.05) is 55.5 Å². The van der Waals surface area contributed by atoms with Gasteiger partial charge < -0.3 is 14.2 Å². The summed E-state index contributed by atoms with van der Waals surface area (Å²) in [6, 6.07) is 15.1. The molecule has 1 aliphatic heterocycles. The molecule has 0 aliphatic carbocycles. The predicted octanol–water partition coefficient (Wildman–Crippen LogP) is 3.39. The Morgan fingerprint density at radius 3 is 2.35 bits per heavy atom. The molecule has 2 aromatic rings. The summed E-state index contributed by atoms with van der Waals surface area (Å²) in [6.45, 7) is 1.98. The molecule has 1 heterocycles. The van der Waals surface area contributed by atoms with Gasteiger partial charge >= 0.3 is 11.9 Å². The molecule has 0 N–H and O–H groups in total. The second-order valence-corrected chi connectivity index (χ2v) is 6.63. The Kier molecular flexibility index (Phi) is 4.98. The van der Waals surface area contributed by atoms with Gasteiger partial charge in [0.05, 0.1) is 20.6 Å². The number of aryl methyl sites for hydroxylation is 1. The van der Waals surface area contributed by atoms with E-state index in [0.29, 0.717) is 6.42 Å². The third kappa shape index (κ3) is 3.29. The van der Waals surface area contributed by atoms with Gasteiger partial charge in [-0.3, -0.25) is 9.59 Å². The van der Waals surface area contributed by atoms with Crippen LogP contribution < -0.4 is 4.74 Å². The highest BCUT2D eigenvalue weighted by Gasteiger charge is 2.56. The van der Waals surface area contributed by atoms with Crippen molar-refractivity contribution in [2.75, 3.05) is 14.2 Å². The lowest BCUT2D eigenvalue weighted by Gasteiger charge is -2.30. The number of benzene rings is 2. The molecule has 1 saturated heterocycles. The van der Waals surface area contributed by atoms with Gasteiger partial charge in [0, 0.05) is 0 Å². The molecule has 3 rings (SSSR count). The lowest BCUT2D eigenvalue weighted by Crippen LogP contribution is -2.37. The molecular formula is C21H22O5. The zero-order valence-corrected chi connectivity index (χ0v) is 15.2. The Labute approximate surface area is 152 Å². The van der Waals surface area contributed by atoms with E-state index in [0.717, 1.165) is 22.4 Å². The average molecular weight is 354 g/mol. The Bertz CT molecular complexity index is 794. The van der Waals surface area contributed by atoms with Crippen LogP contribution in [0.5, 0.6) is 5.75 Å². The standard InChI is InChI=1S/C21H22O5/c1-14-4-8-16(9-5-14)19-21(20(23)25-3,13-18(22)26-19)12-15-6-10-17(24-2)11-7-15/h4-11,19H,12-13H2,1-3H3. The fourth-order valence-corrected chi connectivity index (χ4v) is 3.48. The molecule has 1 fully saturated rings. The van der Waals surface area contributed by atoms with Crippen LogP contribution in [0, 0.1) is 12.3 Å². The maximum atomic E-state index is 12.8. The minimum Gasteiger partial charge on any atom is -0.497 e. The Hall–Kier alpha value is -2.82. The zero-order valence-electron chi connectivity index (χ0n) is 15.2. The van der Waals surface area contributed by atoms with Crippen molar-refractivity contribution in [2.45, 2.75) is 25.9 Å². The molecule has 2 unspecified atom stereocenters. The minimum atomic E-state index is -1.09. The number of cyclic esters (lactones) is 1. The summed E-state index contributed by atoms with van der Waals surface area (Å²) in [7, 11) is 2.94. The van der Waals surface area contributed by atoms with Crippen molar-refractivity contribution >= 4 is 11.9 Å². The zero-order chi connectivity index (χ0) is 18.7. The second kappa shape index (κ2) is 7.20. The highest BCUT2D eigenvalue weighted by molar-refractivity contribution is 5.87. The van der Waals surface area contributed by atoms with Gasteiger partial charge in [0.25, 0.3) is 0 Å². The highest BCUT2D eigenvalue weighted by Crippen LogP contribution is 2.49. The van der Waals surface area contributed by atoms with E-state index in [1.165, 1.54) is 7.11 Å². The van der Waals surface area contributed by atoms with Crippen molar-refractivity contribution in [1.29, 1.82) is 0 Å². The highest BCUT2D eigenvalue weighted by atomic mass is 16.6. The first-order valence-electron chi connectivity index (χ1n) is 8.46. The van der Waals surface area contributed by atoms with E-state index in [1.54, 1.807) is 7.11 Å². The van der Waals surface area contributed by atoms with Crippen LogP contribution in [0.15, 0.2) is 48.5 Å². The molecule has 0 saturated carbocycles. The van der Waals surface area contributed by atoms with Crippen LogP contribution >= 0.6 is 0 Å². The molecule has 0 bridgehead atoms. The summed E-state index contributed by atoms with van der Waals surface area (Å²) in [5.41, 5.74) is 1.71. The molecule has 0 aromatic heterocycles. The lowest BCUT2D eigenvalue weighted by molar-refractivity contribution is -0.157. The largest absolute Gasteiger partial charge is 0.497 e. The predicted molar refractivity (Wildman–Crippen MR) is 95.8 cm³/mol. The number of hydrogen-bond acceptors (Lipinski definition) is 5. The molecular weight excluding hydrogens is 332 g/mol. The third-order valence-corrected chi connectivity index (χ3v) is 4.86. The van der Waals surface area contributed by atoms with Crippen LogP contribution in [0.2, 0.25) is 0 Å². The molecule has 136 valence electrons. The van der Waals surface area contributed by atoms with E-state index < -0.39 is 23.5 Å². The van der Waals surface area contributed by atoms with Crippen LogP contribution in [0.1, 0.15) is 29.2 Å². The second-order valence-electron chi connectivity index (χ2n) is 6.63. The minimum absolute atomic E-state index is 0.00968. The fourth-order valence-electron chi connectivity index (χ4n) is 3.48. The normalized spacial score (nSPS) is 22.0. The Balaban J connectivity index is 2.01. The molecule has 5 nitrogen and oxygen atoms in total. The van der Waals surface area contributed by atoms with Gasteiger partial charge in [0.1, 0.15) is 17.3 Å². The van der Waals surface area contributed by atoms with E-state index in [2.05, 4.69) is 0 Å². The van der Waals surface area contributed by atoms with Crippen molar-refractivity contribution in [2.24, 2.45) is 5.41 Å². The van der Waals surface area contributed by atoms with Crippen LogP contribution in [-0.2, 0) is 25.5 Å². The first-order valence-corrected chi connectivity index (χ1v) is 8.46. The summed E-state index contributed by atoms with van der Waals surface area (Å²) in [4.78, 5) is 25.0. The van der Waals surface area contributed by atoms with Crippen molar-refractivity contribution in [3.05, 3.63) is 65.2 Å². The van der Waals surface area contributed by atoms with Gasteiger partial charge in [-0.25, -0.2) is 0 Å². The van der Waals surface area contributed by atoms with Crippen LogP contribution in [0.3, 0.4) is 0 Å². The monoisotopic (exact) mass is 354 g/mol. The SMILES string of the molecule is COC(=O)C1(Cc2ccc(OC)cc2)CC(=O)OC1c1ccc(C)cc1. The molecule has 2 aromatic carbocycles. The molecule has 2 atom stereocenters. The van der Waals surface area contributed by atoms with Crippen molar-refractivity contribution in [1.82, 2.24) is 0 Å². The maximum absolute atomic E-state index is 12.8. The van der Waals surface area contributed by atoms with Crippen LogP contribution in [0.25, 0.3) is 0 Å². The quantitative estimate of drug-likeness (QED) is 0.770. The number of carbonyl (C=O) groups is 2. The first-order chi connectivity index (χ1) is 12.5. The summed E-state index contributed by atoms with van der Waals surface area (Å²) in [5, 5.41) is 0. The van der Waals surface area contributed by atoms with Gasteiger partial charge in [-0.2, -0.15) is 0 Å². The van der Waals surface area contributed by atoms with E-state index in [9.17, 15) is 9.59 Å². The number of carbonyl (C=O) groups excluding carboxylic acids is 2. The first kappa shape index (κ1) is 18.0. The summed E-state index contributed by atoms with van der Waals surface area (Å²) in [6.07, 6.45) is -0.344. The van der Waals surface area contributed by atoms with Crippen LogP contribution in [-0.4, -0.2) is 26.2 Å². The van der Waals surface area contributed by atoms with Gasteiger partial charge in [-0.1, -0.05) is 42.0 Å². The molecule has 26 heavy (non-hydrogen) atoms.